The van der Waals surface area contributed by atoms with E-state index in [2.05, 4.69) is 27.6 Å². The summed E-state index contributed by atoms with van der Waals surface area (Å²) >= 11 is 2.72. The smallest absolute Gasteiger partial charge is 0.237 e. The molecule has 1 heterocycles. The molecule has 3 rings (SSSR count). The number of thioether (sulfide) groups is 1. The fourth-order valence-electron chi connectivity index (χ4n) is 3.01. The molecule has 2 aromatic carbocycles. The molecule has 0 aliphatic carbocycles. The number of hydrogen-bond donors (Lipinski definition) is 1. The Kier molecular flexibility index (Phi) is 7.87. The topological polar surface area (TPSA) is 91.1 Å². The quantitative estimate of drug-likeness (QED) is 0.459. The van der Waals surface area contributed by atoms with Crippen molar-refractivity contribution >= 4 is 45.5 Å². The van der Waals surface area contributed by atoms with Crippen LogP contribution in [-0.2, 0) is 4.79 Å². The average Bonchev–Trinajstić information content (AvgIpc) is 3.19. The van der Waals surface area contributed by atoms with Crippen molar-refractivity contribution in [1.82, 2.24) is 10.2 Å². The molecule has 31 heavy (non-hydrogen) atoms. The van der Waals surface area contributed by atoms with Crippen molar-refractivity contribution in [3.8, 4) is 11.8 Å². The third kappa shape index (κ3) is 6.44. The first-order valence-corrected chi connectivity index (χ1v) is 11.4. The fourth-order valence-corrected chi connectivity index (χ4v) is 4.66. The van der Waals surface area contributed by atoms with Crippen molar-refractivity contribution in [3.05, 3.63) is 53.6 Å². The summed E-state index contributed by atoms with van der Waals surface area (Å²) in [7, 11) is 1.62. The van der Waals surface area contributed by atoms with Crippen molar-refractivity contribution in [2.24, 2.45) is 0 Å². The number of carbonyl (C=O) groups excluding carboxylic acids is 1. The van der Waals surface area contributed by atoms with Crippen molar-refractivity contribution in [3.63, 3.8) is 0 Å². The van der Waals surface area contributed by atoms with E-state index < -0.39 is 0 Å². The van der Waals surface area contributed by atoms with Crippen LogP contribution >= 0.6 is 23.1 Å². The minimum Gasteiger partial charge on any atom is -0.497 e. The van der Waals surface area contributed by atoms with Crippen molar-refractivity contribution in [2.45, 2.75) is 24.6 Å². The predicted molar refractivity (Wildman–Crippen MR) is 125 cm³/mol. The molecule has 7 nitrogen and oxygen atoms in total. The molecule has 1 N–H and O–H groups in total. The number of amides is 1. The largest absolute Gasteiger partial charge is 0.497 e. The van der Waals surface area contributed by atoms with Crippen LogP contribution in [0.1, 0.15) is 17.5 Å². The average molecular weight is 454 g/mol. The lowest BCUT2D eigenvalue weighted by Crippen LogP contribution is -2.33. The van der Waals surface area contributed by atoms with E-state index in [9.17, 15) is 4.79 Å². The molecular weight excluding hydrogens is 430 g/mol. The summed E-state index contributed by atoms with van der Waals surface area (Å²) in [6, 6.07) is 15.7. The summed E-state index contributed by atoms with van der Waals surface area (Å²) in [6.45, 7) is 4.35. The number of aryl methyl sites for hydroxylation is 2. The molecule has 0 saturated heterocycles. The summed E-state index contributed by atoms with van der Waals surface area (Å²) < 4.78 is 5.92. The fraction of sp³-hybridized carbons (Fsp3) is 0.273. The van der Waals surface area contributed by atoms with Crippen LogP contribution in [0.4, 0.5) is 16.5 Å². The van der Waals surface area contributed by atoms with Gasteiger partial charge in [0.25, 0.3) is 0 Å². The highest BCUT2D eigenvalue weighted by Crippen LogP contribution is 2.29. The number of benzene rings is 2. The minimum absolute atomic E-state index is 0.0669. The highest BCUT2D eigenvalue weighted by Gasteiger charge is 2.18. The van der Waals surface area contributed by atoms with Gasteiger partial charge in [0.05, 0.1) is 25.4 Å². The van der Waals surface area contributed by atoms with Gasteiger partial charge in [-0.05, 0) is 49.2 Å². The molecule has 1 amide bonds. The van der Waals surface area contributed by atoms with Gasteiger partial charge in [0.1, 0.15) is 5.75 Å². The molecule has 3 aromatic rings. The Morgan fingerprint density at radius 2 is 2.00 bits per heavy atom. The summed E-state index contributed by atoms with van der Waals surface area (Å²) in [6.07, 6.45) is 0.275. The number of nitrogens with zero attached hydrogens (tertiary/aromatic N) is 4. The Morgan fingerprint density at radius 1 is 1.23 bits per heavy atom. The molecule has 0 spiro atoms. The molecule has 0 radical (unpaired) electrons. The molecule has 9 heteroatoms. The van der Waals surface area contributed by atoms with Gasteiger partial charge in [0, 0.05) is 24.0 Å². The Labute approximate surface area is 190 Å². The Hall–Kier alpha value is -3.09. The van der Waals surface area contributed by atoms with Gasteiger partial charge < -0.3 is 15.0 Å². The van der Waals surface area contributed by atoms with Crippen molar-refractivity contribution < 1.29 is 9.53 Å². The zero-order valence-corrected chi connectivity index (χ0v) is 19.2. The molecule has 0 bridgehead atoms. The van der Waals surface area contributed by atoms with Gasteiger partial charge in [-0.2, -0.15) is 5.26 Å². The van der Waals surface area contributed by atoms with Crippen LogP contribution in [0.2, 0.25) is 0 Å². The minimum atomic E-state index is -0.0669. The molecule has 0 atom stereocenters. The van der Waals surface area contributed by atoms with E-state index in [1.54, 1.807) is 12.0 Å². The second-order valence-electron chi connectivity index (χ2n) is 6.82. The van der Waals surface area contributed by atoms with E-state index in [1.165, 1.54) is 23.1 Å². The zero-order valence-electron chi connectivity index (χ0n) is 17.6. The van der Waals surface area contributed by atoms with Gasteiger partial charge in [-0.25, -0.2) is 0 Å². The third-order valence-corrected chi connectivity index (χ3v) is 6.27. The second kappa shape index (κ2) is 10.8. The van der Waals surface area contributed by atoms with Crippen molar-refractivity contribution in [1.29, 1.82) is 5.26 Å². The molecule has 0 saturated carbocycles. The van der Waals surface area contributed by atoms with Crippen LogP contribution < -0.4 is 15.0 Å². The van der Waals surface area contributed by atoms with E-state index in [1.807, 2.05) is 50.2 Å². The number of rotatable bonds is 9. The number of hydrogen-bond acceptors (Lipinski definition) is 8. The maximum atomic E-state index is 12.9. The number of methoxy groups -OCH3 is 1. The zero-order chi connectivity index (χ0) is 22.2. The maximum absolute atomic E-state index is 12.9. The molecule has 0 aliphatic rings. The predicted octanol–water partition coefficient (Wildman–Crippen LogP) is 4.95. The molecule has 0 aliphatic heterocycles. The van der Waals surface area contributed by atoms with Crippen LogP contribution in [-0.4, -0.2) is 35.5 Å². The molecular formula is C22H23N5O2S2. The molecule has 0 fully saturated rings. The normalized spacial score (nSPS) is 10.4. The number of anilines is 3. The SMILES string of the molecule is COc1cccc(Nc2nnc(SCC(=O)N(CCC#N)c3cc(C)cc(C)c3)s2)c1. The molecule has 1 aromatic heterocycles. The first-order chi connectivity index (χ1) is 15.0. The van der Waals surface area contributed by atoms with E-state index >= 15 is 0 Å². The lowest BCUT2D eigenvalue weighted by molar-refractivity contribution is -0.116. The first-order valence-electron chi connectivity index (χ1n) is 9.61. The third-order valence-electron chi connectivity index (χ3n) is 4.31. The van der Waals surface area contributed by atoms with Crippen LogP contribution in [0.3, 0.4) is 0 Å². The molecule has 160 valence electrons. The Bertz CT molecular complexity index is 1070. The van der Waals surface area contributed by atoms with Crippen LogP contribution in [0.25, 0.3) is 0 Å². The highest BCUT2D eigenvalue weighted by atomic mass is 32.2. The number of ether oxygens (including phenoxy) is 1. The first kappa shape index (κ1) is 22.6. The summed E-state index contributed by atoms with van der Waals surface area (Å²) in [5.74, 6) is 0.896. The molecule has 0 unspecified atom stereocenters. The Morgan fingerprint density at radius 3 is 2.71 bits per heavy atom. The summed E-state index contributed by atoms with van der Waals surface area (Å²) in [4.78, 5) is 14.6. The number of aromatic nitrogens is 2. The van der Waals surface area contributed by atoms with E-state index in [0.717, 1.165) is 28.3 Å². The lowest BCUT2D eigenvalue weighted by atomic mass is 10.1. The highest BCUT2D eigenvalue weighted by molar-refractivity contribution is 8.01. The summed E-state index contributed by atoms with van der Waals surface area (Å²) in [5.41, 5.74) is 3.82. The van der Waals surface area contributed by atoms with Crippen LogP contribution in [0.5, 0.6) is 5.75 Å². The van der Waals surface area contributed by atoms with Gasteiger partial charge in [-0.15, -0.1) is 10.2 Å². The maximum Gasteiger partial charge on any atom is 0.237 e. The van der Waals surface area contributed by atoms with Gasteiger partial charge >= 0.3 is 0 Å². The van der Waals surface area contributed by atoms with E-state index in [4.69, 9.17) is 10.00 Å². The number of nitriles is 1. The monoisotopic (exact) mass is 453 g/mol. The van der Waals surface area contributed by atoms with Gasteiger partial charge in [0.2, 0.25) is 11.0 Å². The number of carbonyl (C=O) groups is 1. The van der Waals surface area contributed by atoms with E-state index in [-0.39, 0.29) is 18.1 Å². The lowest BCUT2D eigenvalue weighted by Gasteiger charge is -2.22. The second-order valence-corrected chi connectivity index (χ2v) is 9.02. The standard InChI is InChI=1S/C22H23N5O2S2/c1-15-10-16(2)12-18(11-15)27(9-5-8-23)20(28)14-30-22-26-25-21(31-22)24-17-6-4-7-19(13-17)29-3/h4,6-7,10-13H,5,9,14H2,1-3H3,(H,24,25). The van der Waals surface area contributed by atoms with Crippen LogP contribution in [0, 0.1) is 25.2 Å². The van der Waals surface area contributed by atoms with Gasteiger partial charge in [-0.3, -0.25) is 4.79 Å². The van der Waals surface area contributed by atoms with Crippen molar-refractivity contribution in [2.75, 3.05) is 29.6 Å². The van der Waals surface area contributed by atoms with E-state index in [0.29, 0.717) is 16.0 Å². The van der Waals surface area contributed by atoms with Gasteiger partial charge in [0.15, 0.2) is 4.34 Å². The number of nitrogens with one attached hydrogen (secondary N) is 1. The van der Waals surface area contributed by atoms with Crippen LogP contribution in [0.15, 0.2) is 46.8 Å². The Balaban J connectivity index is 1.64. The van der Waals surface area contributed by atoms with Gasteiger partial charge in [-0.1, -0.05) is 35.2 Å². The summed E-state index contributed by atoms with van der Waals surface area (Å²) in [5, 5.41) is 21.1.